The Labute approximate surface area is 257 Å². The number of ether oxygens (including phenoxy) is 5. The third kappa shape index (κ3) is 7.81. The molecule has 12 nitrogen and oxygen atoms in total. The maximum absolute atomic E-state index is 14.4. The molecule has 0 aliphatic heterocycles. The van der Waals surface area contributed by atoms with Crippen LogP contribution in [-0.2, 0) is 57.2 Å². The van der Waals surface area contributed by atoms with Crippen LogP contribution in [0.2, 0.25) is 0 Å². The van der Waals surface area contributed by atoms with Crippen molar-refractivity contribution in [3.05, 3.63) is 24.3 Å². The topological polar surface area (TPSA) is 166 Å². The first-order chi connectivity index (χ1) is 20.2. The molecule has 0 aromatic heterocycles. The Kier molecular flexibility index (Phi) is 11.5. The molecule has 1 saturated carbocycles. The Morgan fingerprint density at radius 2 is 1.32 bits per heavy atom. The maximum Gasteiger partial charge on any atom is 0.309 e. The van der Waals surface area contributed by atoms with Gasteiger partial charge in [-0.1, -0.05) is 46.4 Å². The summed E-state index contributed by atoms with van der Waals surface area (Å²) >= 11 is 0. The molecule has 0 radical (unpaired) electrons. The number of carbonyl (C=O) groups excluding carboxylic acids is 7. The molecule has 2 aliphatic carbocycles. The van der Waals surface area contributed by atoms with Gasteiger partial charge >= 0.3 is 29.8 Å². The molecule has 0 saturated heterocycles. The first-order valence-corrected chi connectivity index (χ1v) is 14.5. The molecule has 44 heavy (non-hydrogen) atoms. The number of hydrogen-bond donors (Lipinski definition) is 0. The summed E-state index contributed by atoms with van der Waals surface area (Å²) in [5.74, 6) is -9.04. The van der Waals surface area contributed by atoms with E-state index < -0.39 is 101 Å². The van der Waals surface area contributed by atoms with Crippen molar-refractivity contribution in [1.29, 1.82) is 0 Å². The number of ketones is 2. The molecular weight excluding hydrogens is 576 g/mol. The monoisotopic (exact) mass is 620 g/mol. The standard InChI is InChI=1S/C32H44O12/c1-15(2)30(39)43-27-26(42-21(8)35)18(5)25(41-20(7)34)23-24(40-19(6)33)17(4)14-32(23,44-22(9)36)28(37)16(3)12-13-31(10,11)29(27)38/h12-13,15-17,23-27H,5,14H2,1-4,6-11H3/b13-12+/t16-,17+,23-,24+,25+,26+,27-,32-/m1/s1. The molecule has 0 bridgehead atoms. The van der Waals surface area contributed by atoms with E-state index in [2.05, 4.69) is 6.58 Å². The van der Waals surface area contributed by atoms with E-state index in [1.807, 2.05) is 0 Å². The highest BCUT2D eigenvalue weighted by molar-refractivity contribution is 5.95. The maximum atomic E-state index is 14.4. The number of Topliss-reactive ketones (excluding diaryl/α,β-unsaturated/α-hetero) is 2. The summed E-state index contributed by atoms with van der Waals surface area (Å²) in [5.41, 5.74) is -3.65. The molecule has 244 valence electrons. The summed E-state index contributed by atoms with van der Waals surface area (Å²) in [5, 5.41) is 0. The van der Waals surface area contributed by atoms with E-state index in [0.717, 1.165) is 27.7 Å². The minimum atomic E-state index is -2.02. The van der Waals surface area contributed by atoms with Gasteiger partial charge < -0.3 is 23.7 Å². The van der Waals surface area contributed by atoms with Crippen molar-refractivity contribution in [2.45, 2.75) is 106 Å². The zero-order valence-electron chi connectivity index (χ0n) is 27.1. The summed E-state index contributed by atoms with van der Waals surface area (Å²) < 4.78 is 28.5. The van der Waals surface area contributed by atoms with E-state index in [0.29, 0.717) is 0 Å². The second kappa shape index (κ2) is 13.9. The fourth-order valence-corrected chi connectivity index (χ4v) is 5.88. The van der Waals surface area contributed by atoms with Crippen LogP contribution in [0.15, 0.2) is 24.3 Å². The van der Waals surface area contributed by atoms with Gasteiger partial charge in [0.2, 0.25) is 6.10 Å². The van der Waals surface area contributed by atoms with Gasteiger partial charge in [0.25, 0.3) is 0 Å². The lowest BCUT2D eigenvalue weighted by Crippen LogP contribution is -2.58. The summed E-state index contributed by atoms with van der Waals surface area (Å²) in [6, 6.07) is 0. The number of carbonyl (C=O) groups is 7. The van der Waals surface area contributed by atoms with Crippen molar-refractivity contribution in [3.8, 4) is 0 Å². The molecule has 0 N–H and O–H groups in total. The van der Waals surface area contributed by atoms with Gasteiger partial charge in [-0.2, -0.15) is 0 Å². The zero-order valence-corrected chi connectivity index (χ0v) is 27.1. The fraction of sp³-hybridized carbons (Fsp3) is 0.656. The number of hydrogen-bond acceptors (Lipinski definition) is 12. The Balaban J connectivity index is 3.08. The van der Waals surface area contributed by atoms with Gasteiger partial charge in [0.05, 0.1) is 11.8 Å². The lowest BCUT2D eigenvalue weighted by Gasteiger charge is -2.42. The van der Waals surface area contributed by atoms with Crippen LogP contribution in [0.4, 0.5) is 0 Å². The van der Waals surface area contributed by atoms with Crippen LogP contribution in [0.5, 0.6) is 0 Å². The molecule has 0 amide bonds. The van der Waals surface area contributed by atoms with Crippen LogP contribution < -0.4 is 0 Å². The normalized spacial score (nSPS) is 32.8. The first-order valence-electron chi connectivity index (χ1n) is 14.5. The van der Waals surface area contributed by atoms with Crippen LogP contribution in [0.3, 0.4) is 0 Å². The second-order valence-electron chi connectivity index (χ2n) is 12.5. The minimum absolute atomic E-state index is 0.121. The van der Waals surface area contributed by atoms with Gasteiger partial charge in [0, 0.05) is 51.0 Å². The Morgan fingerprint density at radius 1 is 0.795 bits per heavy atom. The van der Waals surface area contributed by atoms with Gasteiger partial charge in [-0.05, 0) is 19.8 Å². The van der Waals surface area contributed by atoms with E-state index in [1.54, 1.807) is 27.7 Å². The number of fused-ring (bicyclic) bond motifs is 1. The number of esters is 5. The average Bonchev–Trinajstić information content (AvgIpc) is 3.15. The lowest BCUT2D eigenvalue weighted by molar-refractivity contribution is -0.187. The smallest absolute Gasteiger partial charge is 0.309 e. The average molecular weight is 621 g/mol. The molecular formula is C32H44O12. The zero-order chi connectivity index (χ0) is 33.9. The predicted molar refractivity (Wildman–Crippen MR) is 154 cm³/mol. The van der Waals surface area contributed by atoms with Crippen LogP contribution in [-0.4, -0.2) is 71.4 Å². The van der Waals surface area contributed by atoms with Crippen LogP contribution in [0, 0.1) is 29.1 Å². The third-order valence-corrected chi connectivity index (χ3v) is 7.86. The van der Waals surface area contributed by atoms with E-state index >= 15 is 0 Å². The summed E-state index contributed by atoms with van der Waals surface area (Å²) in [7, 11) is 0. The quantitative estimate of drug-likeness (QED) is 0.242. The number of allylic oxidation sites excluding steroid dienone is 2. The number of rotatable bonds is 6. The van der Waals surface area contributed by atoms with Gasteiger partial charge in [0.1, 0.15) is 12.2 Å². The molecule has 0 aromatic rings. The molecule has 1 fully saturated rings. The summed E-state index contributed by atoms with van der Waals surface area (Å²) in [6.45, 7) is 17.8. The minimum Gasteiger partial charge on any atom is -0.462 e. The van der Waals surface area contributed by atoms with Crippen molar-refractivity contribution in [2.24, 2.45) is 29.1 Å². The Hall–Kier alpha value is -3.83. The highest BCUT2D eigenvalue weighted by atomic mass is 16.6. The van der Waals surface area contributed by atoms with E-state index in [1.165, 1.54) is 26.0 Å². The van der Waals surface area contributed by atoms with Crippen molar-refractivity contribution in [3.63, 3.8) is 0 Å². The third-order valence-electron chi connectivity index (χ3n) is 7.86. The lowest BCUT2D eigenvalue weighted by atomic mass is 9.72. The molecule has 2 aliphatic rings. The van der Waals surface area contributed by atoms with Crippen molar-refractivity contribution >= 4 is 41.4 Å². The Bertz CT molecular complexity index is 1240. The SMILES string of the molecule is C=C1[C@H](OC(C)=O)[C@H]2[C@@H](OC(C)=O)[C@@H](C)C[C@]2(OC(C)=O)C(=O)[C@H](C)/C=C/C(C)(C)C(=O)[C@H](OC(=O)C(C)C)[C@H]1OC(C)=O. The molecule has 2 rings (SSSR count). The fourth-order valence-electron chi connectivity index (χ4n) is 5.88. The molecule has 8 atom stereocenters. The van der Waals surface area contributed by atoms with Crippen molar-refractivity contribution in [2.75, 3.05) is 0 Å². The first kappa shape index (κ1) is 36.4. The van der Waals surface area contributed by atoms with Crippen LogP contribution in [0.1, 0.15) is 75.7 Å². The summed E-state index contributed by atoms with van der Waals surface area (Å²) in [4.78, 5) is 91.4. The Morgan fingerprint density at radius 3 is 1.80 bits per heavy atom. The van der Waals surface area contributed by atoms with Crippen molar-refractivity contribution in [1.82, 2.24) is 0 Å². The van der Waals surface area contributed by atoms with Crippen molar-refractivity contribution < 1.29 is 57.2 Å². The predicted octanol–water partition coefficient (Wildman–Crippen LogP) is 3.23. The van der Waals surface area contributed by atoms with Crippen LogP contribution >= 0.6 is 0 Å². The van der Waals surface area contributed by atoms with Crippen LogP contribution in [0.25, 0.3) is 0 Å². The van der Waals surface area contributed by atoms with Gasteiger partial charge in [-0.25, -0.2) is 0 Å². The molecule has 12 heteroatoms. The second-order valence-corrected chi connectivity index (χ2v) is 12.5. The molecule has 0 aromatic carbocycles. The van der Waals surface area contributed by atoms with Gasteiger partial charge in [0.15, 0.2) is 23.3 Å². The summed E-state index contributed by atoms with van der Waals surface area (Å²) in [6.07, 6.45) is -3.49. The van der Waals surface area contributed by atoms with Gasteiger partial charge in [-0.15, -0.1) is 0 Å². The largest absolute Gasteiger partial charge is 0.462 e. The highest BCUT2D eigenvalue weighted by Gasteiger charge is 2.65. The van der Waals surface area contributed by atoms with Gasteiger partial charge in [-0.3, -0.25) is 33.6 Å². The highest BCUT2D eigenvalue weighted by Crippen LogP contribution is 2.51. The molecule has 0 heterocycles. The van der Waals surface area contributed by atoms with E-state index in [-0.39, 0.29) is 12.0 Å². The van der Waals surface area contributed by atoms with E-state index in [4.69, 9.17) is 23.7 Å². The molecule has 0 unspecified atom stereocenters. The van der Waals surface area contributed by atoms with E-state index in [9.17, 15) is 33.6 Å². The molecule has 0 spiro atoms.